The second-order valence-electron chi connectivity index (χ2n) is 3.52. The first-order chi connectivity index (χ1) is 8.24. The first-order valence-corrected chi connectivity index (χ1v) is 5.35. The Morgan fingerprint density at radius 1 is 1.18 bits per heavy atom. The van der Waals surface area contributed by atoms with Gasteiger partial charge in [0, 0.05) is 10.6 Å². The van der Waals surface area contributed by atoms with Crippen molar-refractivity contribution in [3.8, 4) is 11.1 Å². The SMILES string of the molecule is [C-]#[N+]c1cccc(-c2ccc(C=O)cc2Cl)c1. The topological polar surface area (TPSA) is 21.4 Å². The maximum Gasteiger partial charge on any atom is 0.187 e. The predicted molar refractivity (Wildman–Crippen MR) is 68.5 cm³/mol. The summed E-state index contributed by atoms with van der Waals surface area (Å²) in [5.74, 6) is 0. The maximum atomic E-state index is 10.6. The molecule has 0 bridgehead atoms. The first kappa shape index (κ1) is 11.4. The van der Waals surface area contributed by atoms with Crippen molar-refractivity contribution in [2.75, 3.05) is 0 Å². The van der Waals surface area contributed by atoms with E-state index in [1.165, 1.54) is 0 Å². The van der Waals surface area contributed by atoms with Crippen LogP contribution < -0.4 is 0 Å². The van der Waals surface area contributed by atoms with Crippen LogP contribution in [0.15, 0.2) is 42.5 Å². The van der Waals surface area contributed by atoms with E-state index >= 15 is 0 Å². The molecule has 0 amide bonds. The summed E-state index contributed by atoms with van der Waals surface area (Å²) in [6, 6.07) is 12.3. The van der Waals surface area contributed by atoms with E-state index in [4.69, 9.17) is 18.2 Å². The molecule has 0 radical (unpaired) electrons. The minimum absolute atomic E-state index is 0.511. The van der Waals surface area contributed by atoms with Crippen molar-refractivity contribution >= 4 is 23.6 Å². The van der Waals surface area contributed by atoms with E-state index in [1.807, 2.05) is 12.1 Å². The fraction of sp³-hybridized carbons (Fsp3) is 0. The Kier molecular flexibility index (Phi) is 3.22. The summed E-state index contributed by atoms with van der Waals surface area (Å²) in [5.41, 5.74) is 2.81. The molecule has 0 N–H and O–H groups in total. The van der Waals surface area contributed by atoms with Gasteiger partial charge in [-0.05, 0) is 23.3 Å². The van der Waals surface area contributed by atoms with Gasteiger partial charge in [0.05, 0.1) is 6.57 Å². The molecule has 0 fully saturated rings. The van der Waals surface area contributed by atoms with Crippen LogP contribution in [-0.4, -0.2) is 6.29 Å². The maximum absolute atomic E-state index is 10.6. The molecule has 0 aliphatic carbocycles. The molecule has 82 valence electrons. The molecule has 0 heterocycles. The Balaban J connectivity index is 2.53. The van der Waals surface area contributed by atoms with Crippen molar-refractivity contribution in [3.05, 3.63) is 64.5 Å². The standard InChI is InChI=1S/C14H8ClNO/c1-16-12-4-2-3-11(8-12)13-6-5-10(9-17)7-14(13)15/h2-9H. The number of benzene rings is 2. The van der Waals surface area contributed by atoms with Crippen molar-refractivity contribution in [3.63, 3.8) is 0 Å². The zero-order chi connectivity index (χ0) is 12.3. The van der Waals surface area contributed by atoms with Gasteiger partial charge in [0.25, 0.3) is 0 Å². The zero-order valence-corrected chi connectivity index (χ0v) is 9.61. The molecule has 0 saturated heterocycles. The Bertz CT molecular complexity index is 614. The van der Waals surface area contributed by atoms with Gasteiger partial charge in [0.1, 0.15) is 6.29 Å². The van der Waals surface area contributed by atoms with Crippen LogP contribution in [0.3, 0.4) is 0 Å². The fourth-order valence-electron chi connectivity index (χ4n) is 1.58. The summed E-state index contributed by atoms with van der Waals surface area (Å²) in [6.45, 7) is 6.97. The summed E-state index contributed by atoms with van der Waals surface area (Å²) in [5, 5.41) is 0.511. The average Bonchev–Trinajstić information content (AvgIpc) is 2.38. The van der Waals surface area contributed by atoms with Crippen LogP contribution >= 0.6 is 11.6 Å². The predicted octanol–water partition coefficient (Wildman–Crippen LogP) is 4.37. The normalized spacial score (nSPS) is 9.65. The van der Waals surface area contributed by atoms with E-state index in [2.05, 4.69) is 4.85 Å². The molecular formula is C14H8ClNO. The Morgan fingerprint density at radius 2 is 2.00 bits per heavy atom. The summed E-state index contributed by atoms with van der Waals surface area (Å²) in [7, 11) is 0. The molecular weight excluding hydrogens is 234 g/mol. The van der Waals surface area contributed by atoms with Gasteiger partial charge >= 0.3 is 0 Å². The van der Waals surface area contributed by atoms with E-state index in [-0.39, 0.29) is 0 Å². The van der Waals surface area contributed by atoms with E-state index in [9.17, 15) is 4.79 Å². The second-order valence-corrected chi connectivity index (χ2v) is 3.93. The molecule has 0 saturated carbocycles. The van der Waals surface area contributed by atoms with Crippen molar-refractivity contribution in [1.82, 2.24) is 0 Å². The van der Waals surface area contributed by atoms with Gasteiger partial charge < -0.3 is 0 Å². The number of rotatable bonds is 2. The Labute approximate surface area is 104 Å². The molecule has 0 aliphatic heterocycles. The highest BCUT2D eigenvalue weighted by Gasteiger charge is 2.05. The van der Waals surface area contributed by atoms with Crippen LogP contribution in [-0.2, 0) is 0 Å². The Hall–Kier alpha value is -2.11. The molecule has 2 rings (SSSR count). The third-order valence-corrected chi connectivity index (χ3v) is 2.73. The van der Waals surface area contributed by atoms with Crippen LogP contribution in [0.2, 0.25) is 5.02 Å². The molecule has 2 nitrogen and oxygen atoms in total. The van der Waals surface area contributed by atoms with Crippen LogP contribution in [0.1, 0.15) is 10.4 Å². The number of hydrogen-bond donors (Lipinski definition) is 0. The molecule has 0 aliphatic rings. The van der Waals surface area contributed by atoms with Gasteiger partial charge in [-0.2, -0.15) is 0 Å². The molecule has 0 atom stereocenters. The average molecular weight is 242 g/mol. The Morgan fingerprint density at radius 3 is 2.65 bits per heavy atom. The number of nitrogens with zero attached hydrogens (tertiary/aromatic N) is 1. The van der Waals surface area contributed by atoms with E-state index < -0.39 is 0 Å². The number of carbonyl (C=O) groups is 1. The molecule has 0 unspecified atom stereocenters. The number of carbonyl (C=O) groups excluding carboxylic acids is 1. The van der Waals surface area contributed by atoms with Crippen LogP contribution in [0.25, 0.3) is 16.0 Å². The quantitative estimate of drug-likeness (QED) is 0.565. The third kappa shape index (κ3) is 2.35. The van der Waals surface area contributed by atoms with E-state index in [0.29, 0.717) is 16.3 Å². The largest absolute Gasteiger partial charge is 0.298 e. The lowest BCUT2D eigenvalue weighted by atomic mass is 10.0. The van der Waals surface area contributed by atoms with Crippen LogP contribution in [0.4, 0.5) is 5.69 Å². The van der Waals surface area contributed by atoms with Gasteiger partial charge in [0.2, 0.25) is 0 Å². The number of halogens is 1. The van der Waals surface area contributed by atoms with Gasteiger partial charge in [-0.1, -0.05) is 41.9 Å². The van der Waals surface area contributed by atoms with Crippen molar-refractivity contribution in [2.24, 2.45) is 0 Å². The lowest BCUT2D eigenvalue weighted by molar-refractivity contribution is 0.112. The molecule has 0 aromatic heterocycles. The monoisotopic (exact) mass is 241 g/mol. The van der Waals surface area contributed by atoms with Gasteiger partial charge in [-0.25, -0.2) is 4.85 Å². The minimum atomic E-state index is 0.511. The molecule has 0 spiro atoms. The fourth-order valence-corrected chi connectivity index (χ4v) is 1.88. The number of hydrogen-bond acceptors (Lipinski definition) is 1. The first-order valence-electron chi connectivity index (χ1n) is 4.97. The molecule has 2 aromatic rings. The van der Waals surface area contributed by atoms with Crippen molar-refractivity contribution in [1.29, 1.82) is 0 Å². The van der Waals surface area contributed by atoms with Crippen LogP contribution in [0.5, 0.6) is 0 Å². The molecule has 17 heavy (non-hydrogen) atoms. The smallest absolute Gasteiger partial charge is 0.187 e. The van der Waals surface area contributed by atoms with E-state index in [1.54, 1.807) is 30.3 Å². The van der Waals surface area contributed by atoms with Gasteiger partial charge in [0.15, 0.2) is 5.69 Å². The number of aldehydes is 1. The van der Waals surface area contributed by atoms with Gasteiger partial charge in [-0.3, -0.25) is 4.79 Å². The van der Waals surface area contributed by atoms with Gasteiger partial charge in [-0.15, -0.1) is 0 Å². The molecule has 3 heteroatoms. The van der Waals surface area contributed by atoms with Crippen molar-refractivity contribution in [2.45, 2.75) is 0 Å². The summed E-state index contributed by atoms with van der Waals surface area (Å²) >= 11 is 6.10. The lowest BCUT2D eigenvalue weighted by Crippen LogP contribution is -1.83. The zero-order valence-electron chi connectivity index (χ0n) is 8.85. The lowest BCUT2D eigenvalue weighted by Gasteiger charge is -2.05. The van der Waals surface area contributed by atoms with E-state index in [0.717, 1.165) is 17.4 Å². The summed E-state index contributed by atoms with van der Waals surface area (Å²) in [4.78, 5) is 14.0. The van der Waals surface area contributed by atoms with Crippen LogP contribution in [0, 0.1) is 6.57 Å². The highest BCUT2D eigenvalue weighted by Crippen LogP contribution is 2.30. The minimum Gasteiger partial charge on any atom is -0.298 e. The summed E-state index contributed by atoms with van der Waals surface area (Å²) in [6.07, 6.45) is 0.755. The highest BCUT2D eigenvalue weighted by atomic mass is 35.5. The summed E-state index contributed by atoms with van der Waals surface area (Å²) < 4.78 is 0. The molecule has 2 aromatic carbocycles. The van der Waals surface area contributed by atoms with Crippen molar-refractivity contribution < 1.29 is 4.79 Å². The highest BCUT2D eigenvalue weighted by molar-refractivity contribution is 6.33. The second kappa shape index (κ2) is 4.82. The third-order valence-electron chi connectivity index (χ3n) is 2.42.